The van der Waals surface area contributed by atoms with Crippen molar-refractivity contribution in [2.45, 2.75) is 13.0 Å². The maximum atomic E-state index is 12.0. The van der Waals surface area contributed by atoms with Crippen LogP contribution in [0.3, 0.4) is 0 Å². The molecule has 2 rings (SSSR count). The van der Waals surface area contributed by atoms with Crippen LogP contribution in [0.25, 0.3) is 0 Å². The van der Waals surface area contributed by atoms with Gasteiger partial charge in [-0.25, -0.2) is 4.98 Å². The van der Waals surface area contributed by atoms with Gasteiger partial charge in [-0.05, 0) is 35.0 Å². The monoisotopic (exact) mass is 325 g/mol. The smallest absolute Gasteiger partial charge is 0.275 e. The average molecular weight is 326 g/mol. The molecule has 0 saturated carbocycles. The van der Waals surface area contributed by atoms with E-state index in [1.165, 1.54) is 11.3 Å². The average Bonchev–Trinajstić information content (AvgIpc) is 2.81. The van der Waals surface area contributed by atoms with E-state index < -0.39 is 0 Å². The number of hydrogen-bond donors (Lipinski definition) is 2. The third kappa shape index (κ3) is 2.95. The SMILES string of the molecule is CC(N)c1nc(C(=O)Nc2ccccc2Br)cs1. The molecule has 0 bridgehead atoms. The minimum atomic E-state index is -0.231. The Balaban J connectivity index is 2.15. The molecule has 18 heavy (non-hydrogen) atoms. The number of nitrogens with one attached hydrogen (secondary N) is 1. The van der Waals surface area contributed by atoms with Crippen molar-refractivity contribution in [3.8, 4) is 0 Å². The highest BCUT2D eigenvalue weighted by Crippen LogP contribution is 2.22. The number of carbonyl (C=O) groups is 1. The number of aromatic nitrogens is 1. The first-order valence-electron chi connectivity index (χ1n) is 5.35. The number of amides is 1. The summed E-state index contributed by atoms with van der Waals surface area (Å²) >= 11 is 4.77. The number of nitrogens with two attached hydrogens (primary N) is 1. The fourth-order valence-electron chi connectivity index (χ4n) is 1.35. The van der Waals surface area contributed by atoms with Crippen molar-refractivity contribution < 1.29 is 4.79 Å². The van der Waals surface area contributed by atoms with E-state index in [0.717, 1.165) is 15.2 Å². The van der Waals surface area contributed by atoms with Crippen molar-refractivity contribution in [1.82, 2.24) is 4.98 Å². The zero-order valence-corrected chi connectivity index (χ0v) is 12.1. The number of hydrogen-bond acceptors (Lipinski definition) is 4. The van der Waals surface area contributed by atoms with Gasteiger partial charge in [-0.2, -0.15) is 0 Å². The number of rotatable bonds is 3. The normalized spacial score (nSPS) is 12.2. The number of benzene rings is 1. The number of carbonyl (C=O) groups excluding carboxylic acids is 1. The van der Waals surface area contributed by atoms with E-state index in [0.29, 0.717) is 5.69 Å². The van der Waals surface area contributed by atoms with E-state index in [2.05, 4.69) is 26.2 Å². The molecular weight excluding hydrogens is 314 g/mol. The van der Waals surface area contributed by atoms with Gasteiger partial charge in [0, 0.05) is 9.85 Å². The van der Waals surface area contributed by atoms with E-state index in [1.807, 2.05) is 31.2 Å². The summed E-state index contributed by atoms with van der Waals surface area (Å²) < 4.78 is 0.834. The van der Waals surface area contributed by atoms with Gasteiger partial charge < -0.3 is 11.1 Å². The Morgan fingerprint density at radius 3 is 2.83 bits per heavy atom. The molecule has 0 fully saturated rings. The van der Waals surface area contributed by atoms with Gasteiger partial charge in [0.15, 0.2) is 0 Å². The zero-order chi connectivity index (χ0) is 13.1. The highest BCUT2D eigenvalue weighted by Gasteiger charge is 2.13. The highest BCUT2D eigenvalue weighted by atomic mass is 79.9. The third-order valence-corrected chi connectivity index (χ3v) is 4.00. The van der Waals surface area contributed by atoms with Crippen LogP contribution >= 0.6 is 27.3 Å². The summed E-state index contributed by atoms with van der Waals surface area (Å²) in [7, 11) is 0. The van der Waals surface area contributed by atoms with Gasteiger partial charge in [0.2, 0.25) is 0 Å². The van der Waals surface area contributed by atoms with Gasteiger partial charge in [0.25, 0.3) is 5.91 Å². The summed E-state index contributed by atoms with van der Waals surface area (Å²) in [6, 6.07) is 7.27. The van der Waals surface area contributed by atoms with Crippen molar-refractivity contribution in [2.75, 3.05) is 5.32 Å². The Morgan fingerprint density at radius 1 is 1.50 bits per heavy atom. The number of para-hydroxylation sites is 1. The molecule has 1 aromatic heterocycles. The van der Waals surface area contributed by atoms with Gasteiger partial charge in [0.05, 0.1) is 11.7 Å². The van der Waals surface area contributed by atoms with E-state index >= 15 is 0 Å². The molecule has 1 atom stereocenters. The molecule has 1 heterocycles. The Morgan fingerprint density at radius 2 is 2.22 bits per heavy atom. The van der Waals surface area contributed by atoms with Crippen molar-refractivity contribution in [2.24, 2.45) is 5.73 Å². The standard InChI is InChI=1S/C12H12BrN3OS/c1-7(14)12-16-10(6-18-12)11(17)15-9-5-3-2-4-8(9)13/h2-7H,14H2,1H3,(H,15,17). The second kappa shape index (κ2) is 5.60. The van der Waals surface area contributed by atoms with Crippen LogP contribution in [0.5, 0.6) is 0 Å². The second-order valence-electron chi connectivity index (χ2n) is 3.79. The zero-order valence-electron chi connectivity index (χ0n) is 9.68. The van der Waals surface area contributed by atoms with Gasteiger partial charge >= 0.3 is 0 Å². The largest absolute Gasteiger partial charge is 0.322 e. The first-order chi connectivity index (χ1) is 8.58. The van der Waals surface area contributed by atoms with Crippen LogP contribution in [0.1, 0.15) is 28.5 Å². The lowest BCUT2D eigenvalue weighted by molar-refractivity contribution is 0.102. The van der Waals surface area contributed by atoms with Gasteiger partial charge in [-0.15, -0.1) is 11.3 Å². The fraction of sp³-hybridized carbons (Fsp3) is 0.167. The maximum Gasteiger partial charge on any atom is 0.275 e. The Hall–Kier alpha value is -1.24. The first kappa shape index (κ1) is 13.2. The van der Waals surface area contributed by atoms with Crippen molar-refractivity contribution in [1.29, 1.82) is 0 Å². The predicted octanol–water partition coefficient (Wildman–Crippen LogP) is 3.18. The van der Waals surface area contributed by atoms with Crippen molar-refractivity contribution in [3.05, 3.63) is 44.8 Å². The lowest BCUT2D eigenvalue weighted by Gasteiger charge is -2.05. The molecule has 2 aromatic rings. The number of anilines is 1. The number of halogens is 1. The Labute approximate surface area is 117 Å². The van der Waals surface area contributed by atoms with E-state index in [9.17, 15) is 4.79 Å². The molecule has 0 radical (unpaired) electrons. The Bertz CT molecular complexity index is 568. The molecule has 0 spiro atoms. The maximum absolute atomic E-state index is 12.0. The van der Waals surface area contributed by atoms with Gasteiger partial charge in [-0.1, -0.05) is 12.1 Å². The summed E-state index contributed by atoms with van der Waals surface area (Å²) in [4.78, 5) is 16.2. The molecule has 1 amide bonds. The van der Waals surface area contributed by atoms with E-state index in [-0.39, 0.29) is 11.9 Å². The van der Waals surface area contributed by atoms with E-state index in [1.54, 1.807) is 5.38 Å². The lowest BCUT2D eigenvalue weighted by Crippen LogP contribution is -2.13. The van der Waals surface area contributed by atoms with Crippen LogP contribution in [0.4, 0.5) is 5.69 Å². The van der Waals surface area contributed by atoms with Crippen LogP contribution in [0.15, 0.2) is 34.1 Å². The summed E-state index contributed by atoms with van der Waals surface area (Å²) in [5, 5.41) is 5.27. The second-order valence-corrected chi connectivity index (χ2v) is 5.54. The van der Waals surface area contributed by atoms with Crippen molar-refractivity contribution in [3.63, 3.8) is 0 Å². The molecule has 1 aromatic carbocycles. The minimum Gasteiger partial charge on any atom is -0.322 e. The molecule has 0 aliphatic carbocycles. The highest BCUT2D eigenvalue weighted by molar-refractivity contribution is 9.10. The van der Waals surface area contributed by atoms with Crippen LogP contribution in [0, 0.1) is 0 Å². The summed E-state index contributed by atoms with van der Waals surface area (Å²) in [5.74, 6) is -0.231. The summed E-state index contributed by atoms with van der Waals surface area (Å²) in [5.41, 5.74) is 6.82. The number of thiazole rings is 1. The molecule has 94 valence electrons. The van der Waals surface area contributed by atoms with E-state index in [4.69, 9.17) is 5.73 Å². The molecular formula is C12H12BrN3OS. The molecule has 0 aliphatic rings. The van der Waals surface area contributed by atoms with Crippen LogP contribution in [0.2, 0.25) is 0 Å². The first-order valence-corrected chi connectivity index (χ1v) is 7.02. The quantitative estimate of drug-likeness (QED) is 0.910. The van der Waals surface area contributed by atoms with Crippen LogP contribution in [-0.2, 0) is 0 Å². The molecule has 6 heteroatoms. The predicted molar refractivity (Wildman–Crippen MR) is 76.8 cm³/mol. The molecule has 3 N–H and O–H groups in total. The van der Waals surface area contributed by atoms with Crippen molar-refractivity contribution >= 4 is 38.9 Å². The summed E-state index contributed by atoms with van der Waals surface area (Å²) in [6.07, 6.45) is 0. The van der Waals surface area contributed by atoms with Gasteiger partial charge in [-0.3, -0.25) is 4.79 Å². The molecule has 1 unspecified atom stereocenters. The lowest BCUT2D eigenvalue weighted by atomic mass is 10.3. The molecule has 0 aliphatic heterocycles. The summed E-state index contributed by atoms with van der Waals surface area (Å²) in [6.45, 7) is 1.84. The molecule has 0 saturated heterocycles. The Kier molecular flexibility index (Phi) is 4.11. The van der Waals surface area contributed by atoms with Gasteiger partial charge in [0.1, 0.15) is 10.7 Å². The third-order valence-electron chi connectivity index (χ3n) is 2.27. The minimum absolute atomic E-state index is 0.153. The van der Waals surface area contributed by atoms with Crippen LogP contribution in [-0.4, -0.2) is 10.9 Å². The fourth-order valence-corrected chi connectivity index (χ4v) is 2.49. The molecule has 4 nitrogen and oxygen atoms in total. The van der Waals surface area contributed by atoms with Crippen LogP contribution < -0.4 is 11.1 Å². The number of nitrogens with zero attached hydrogens (tertiary/aromatic N) is 1. The topological polar surface area (TPSA) is 68.0 Å².